The summed E-state index contributed by atoms with van der Waals surface area (Å²) in [5, 5.41) is 0.329. The fourth-order valence-electron chi connectivity index (χ4n) is 1.09. The predicted octanol–water partition coefficient (Wildman–Crippen LogP) is 3.54. The van der Waals surface area contributed by atoms with E-state index >= 15 is 0 Å². The SMILES string of the molecule is CC.COC(CN=Cc1ccc(F)cc1Cl)OC. The van der Waals surface area contributed by atoms with Gasteiger partial charge in [0, 0.05) is 26.0 Å². The van der Waals surface area contributed by atoms with Gasteiger partial charge in [-0.1, -0.05) is 25.4 Å². The highest BCUT2D eigenvalue weighted by atomic mass is 35.5. The van der Waals surface area contributed by atoms with Crippen LogP contribution in [-0.2, 0) is 9.47 Å². The number of methoxy groups -OCH3 is 2. The zero-order valence-electron chi connectivity index (χ0n) is 11.1. The van der Waals surface area contributed by atoms with E-state index in [1.54, 1.807) is 12.3 Å². The molecule has 0 aliphatic carbocycles. The summed E-state index contributed by atoms with van der Waals surface area (Å²) in [5.74, 6) is -0.367. The molecule has 0 N–H and O–H groups in total. The number of hydrogen-bond acceptors (Lipinski definition) is 3. The first-order valence-electron chi connectivity index (χ1n) is 5.68. The van der Waals surface area contributed by atoms with Gasteiger partial charge in [0.1, 0.15) is 5.82 Å². The Balaban J connectivity index is 0.00000137. The van der Waals surface area contributed by atoms with E-state index in [0.717, 1.165) is 0 Å². The second-order valence-corrected chi connectivity index (χ2v) is 3.47. The molecule has 0 aliphatic heterocycles. The number of halogens is 2. The first-order chi connectivity index (χ1) is 8.67. The van der Waals surface area contributed by atoms with Gasteiger partial charge in [0.15, 0.2) is 6.29 Å². The van der Waals surface area contributed by atoms with Gasteiger partial charge in [-0.2, -0.15) is 0 Å². The van der Waals surface area contributed by atoms with E-state index in [-0.39, 0.29) is 12.1 Å². The number of aliphatic imine (C=N–C) groups is 1. The second-order valence-electron chi connectivity index (χ2n) is 3.06. The lowest BCUT2D eigenvalue weighted by molar-refractivity contribution is -0.0936. The van der Waals surface area contributed by atoms with Crippen molar-refractivity contribution in [3.63, 3.8) is 0 Å². The summed E-state index contributed by atoms with van der Waals surface area (Å²) < 4.78 is 22.7. The average molecular weight is 276 g/mol. The van der Waals surface area contributed by atoms with Crippen LogP contribution in [0, 0.1) is 5.82 Å². The summed E-state index contributed by atoms with van der Waals surface area (Å²) in [7, 11) is 3.07. The van der Waals surface area contributed by atoms with Gasteiger partial charge >= 0.3 is 0 Å². The summed E-state index contributed by atoms with van der Waals surface area (Å²) in [5.41, 5.74) is 0.661. The van der Waals surface area contributed by atoms with E-state index in [9.17, 15) is 4.39 Å². The number of hydrogen-bond donors (Lipinski definition) is 0. The fourth-order valence-corrected chi connectivity index (χ4v) is 1.30. The van der Waals surface area contributed by atoms with Crippen molar-refractivity contribution in [2.45, 2.75) is 20.1 Å². The molecule has 102 valence electrons. The lowest BCUT2D eigenvalue weighted by Gasteiger charge is -2.09. The molecule has 3 nitrogen and oxygen atoms in total. The van der Waals surface area contributed by atoms with Crippen molar-refractivity contribution in [2.24, 2.45) is 4.99 Å². The van der Waals surface area contributed by atoms with E-state index in [1.807, 2.05) is 13.8 Å². The van der Waals surface area contributed by atoms with Gasteiger partial charge in [0.2, 0.25) is 0 Å². The second kappa shape index (κ2) is 10.00. The van der Waals surface area contributed by atoms with Gasteiger partial charge < -0.3 is 9.47 Å². The van der Waals surface area contributed by atoms with Crippen LogP contribution in [0.5, 0.6) is 0 Å². The molecule has 1 aromatic rings. The van der Waals surface area contributed by atoms with Crippen LogP contribution in [0.15, 0.2) is 23.2 Å². The smallest absolute Gasteiger partial charge is 0.176 e. The Kier molecular flexibility index (Phi) is 9.46. The Hall–Kier alpha value is -0.970. The number of rotatable bonds is 5. The lowest BCUT2D eigenvalue weighted by Crippen LogP contribution is -2.16. The monoisotopic (exact) mass is 275 g/mol. The molecule has 0 bridgehead atoms. The van der Waals surface area contributed by atoms with E-state index in [4.69, 9.17) is 21.1 Å². The molecule has 0 atom stereocenters. The third-order valence-corrected chi connectivity index (χ3v) is 2.30. The van der Waals surface area contributed by atoms with Crippen molar-refractivity contribution in [1.82, 2.24) is 0 Å². The Bertz CT molecular complexity index is 368. The first-order valence-corrected chi connectivity index (χ1v) is 6.05. The van der Waals surface area contributed by atoms with Crippen LogP contribution in [0.2, 0.25) is 5.02 Å². The molecule has 0 amide bonds. The maximum atomic E-state index is 12.7. The Morgan fingerprint density at radius 1 is 1.33 bits per heavy atom. The molecule has 0 spiro atoms. The Morgan fingerprint density at radius 2 is 1.94 bits per heavy atom. The molecule has 0 aromatic heterocycles. The summed E-state index contributed by atoms with van der Waals surface area (Å²) in [6.07, 6.45) is 1.18. The van der Waals surface area contributed by atoms with E-state index in [2.05, 4.69) is 4.99 Å². The minimum absolute atomic E-state index is 0.329. The summed E-state index contributed by atoms with van der Waals surface area (Å²) in [4.78, 5) is 4.09. The third-order valence-electron chi connectivity index (χ3n) is 1.97. The van der Waals surface area contributed by atoms with E-state index < -0.39 is 0 Å². The average Bonchev–Trinajstić information content (AvgIpc) is 2.39. The molecule has 0 radical (unpaired) electrons. The molecular formula is C13H19ClFNO2. The molecule has 1 aromatic carbocycles. The van der Waals surface area contributed by atoms with Gasteiger partial charge in [-0.25, -0.2) is 4.39 Å². The maximum Gasteiger partial charge on any atom is 0.176 e. The van der Waals surface area contributed by atoms with Crippen LogP contribution >= 0.6 is 11.6 Å². The van der Waals surface area contributed by atoms with Gasteiger partial charge in [0.25, 0.3) is 0 Å². The lowest BCUT2D eigenvalue weighted by atomic mass is 10.2. The van der Waals surface area contributed by atoms with Gasteiger partial charge in [0.05, 0.1) is 11.6 Å². The molecule has 0 saturated carbocycles. The molecule has 0 saturated heterocycles. The quantitative estimate of drug-likeness (QED) is 0.608. The maximum absolute atomic E-state index is 12.7. The van der Waals surface area contributed by atoms with Crippen molar-refractivity contribution in [1.29, 1.82) is 0 Å². The van der Waals surface area contributed by atoms with E-state index in [1.165, 1.54) is 26.4 Å². The zero-order valence-corrected chi connectivity index (χ0v) is 11.9. The zero-order chi connectivity index (χ0) is 14.0. The summed E-state index contributed by atoms with van der Waals surface area (Å²) in [6, 6.07) is 4.14. The molecule has 0 aliphatic rings. The minimum atomic E-state index is -0.379. The molecule has 18 heavy (non-hydrogen) atoms. The molecule has 0 heterocycles. The van der Waals surface area contributed by atoms with Crippen LogP contribution in [0.25, 0.3) is 0 Å². The van der Waals surface area contributed by atoms with Crippen molar-refractivity contribution in [2.75, 3.05) is 20.8 Å². The predicted molar refractivity (Wildman–Crippen MR) is 73.0 cm³/mol. The molecule has 1 rings (SSSR count). The standard InChI is InChI=1S/C11H13ClFNO2.C2H6/c1-15-11(16-2)7-14-6-8-3-4-9(13)5-10(8)12;1-2/h3-6,11H,7H2,1-2H3;1-2H3. The Morgan fingerprint density at radius 3 is 2.44 bits per heavy atom. The van der Waals surface area contributed by atoms with E-state index in [0.29, 0.717) is 17.1 Å². The number of nitrogens with zero attached hydrogens (tertiary/aromatic N) is 1. The minimum Gasteiger partial charge on any atom is -0.354 e. The summed E-state index contributed by atoms with van der Waals surface area (Å²) >= 11 is 5.82. The van der Waals surface area contributed by atoms with Crippen LogP contribution < -0.4 is 0 Å². The molecular weight excluding hydrogens is 257 g/mol. The van der Waals surface area contributed by atoms with Crippen LogP contribution in [0.1, 0.15) is 19.4 Å². The topological polar surface area (TPSA) is 30.8 Å². The van der Waals surface area contributed by atoms with Crippen molar-refractivity contribution < 1.29 is 13.9 Å². The number of ether oxygens (including phenoxy) is 2. The highest BCUT2D eigenvalue weighted by Crippen LogP contribution is 2.15. The first kappa shape index (κ1) is 17.0. The normalized spacial score (nSPS) is 10.6. The fraction of sp³-hybridized carbons (Fsp3) is 0.462. The highest BCUT2D eigenvalue weighted by molar-refractivity contribution is 6.33. The van der Waals surface area contributed by atoms with Crippen molar-refractivity contribution in [3.05, 3.63) is 34.6 Å². The van der Waals surface area contributed by atoms with Crippen LogP contribution in [-0.4, -0.2) is 33.3 Å². The van der Waals surface area contributed by atoms with Crippen LogP contribution in [0.3, 0.4) is 0 Å². The third kappa shape index (κ3) is 6.10. The Labute approximate surface area is 113 Å². The molecule has 5 heteroatoms. The van der Waals surface area contributed by atoms with Gasteiger partial charge in [-0.05, 0) is 18.2 Å². The van der Waals surface area contributed by atoms with Crippen LogP contribution in [0.4, 0.5) is 4.39 Å². The summed E-state index contributed by atoms with van der Waals surface area (Å²) in [6.45, 7) is 4.36. The van der Waals surface area contributed by atoms with Gasteiger partial charge in [-0.15, -0.1) is 0 Å². The van der Waals surface area contributed by atoms with Crippen molar-refractivity contribution >= 4 is 17.8 Å². The molecule has 0 fully saturated rings. The molecule has 0 unspecified atom stereocenters. The largest absolute Gasteiger partial charge is 0.354 e. The van der Waals surface area contributed by atoms with Crippen molar-refractivity contribution in [3.8, 4) is 0 Å². The van der Waals surface area contributed by atoms with Gasteiger partial charge in [-0.3, -0.25) is 4.99 Å². The number of benzene rings is 1. The highest BCUT2D eigenvalue weighted by Gasteiger charge is 2.02.